The molecule has 0 N–H and O–H groups in total. The van der Waals surface area contributed by atoms with E-state index in [0.717, 1.165) is 31.4 Å². The third-order valence-corrected chi connectivity index (χ3v) is 2.02. The normalized spacial score (nSPS) is 10.3. The van der Waals surface area contributed by atoms with E-state index in [-0.39, 0.29) is 5.56 Å². The first-order chi connectivity index (χ1) is 8.45. The van der Waals surface area contributed by atoms with E-state index in [1.165, 1.54) is 6.07 Å². The number of carbonyl (C=O) groups excluding carboxylic acids is 1. The first kappa shape index (κ1) is 13.3. The van der Waals surface area contributed by atoms with Crippen LogP contribution in [0.3, 0.4) is 0 Å². The van der Waals surface area contributed by atoms with Crippen molar-refractivity contribution < 1.29 is 19.4 Å². The Kier molecular flexibility index (Phi) is 4.08. The molecule has 0 saturated heterocycles. The minimum absolute atomic E-state index is 0.0796. The molecule has 1 rings (SSSR count). The van der Waals surface area contributed by atoms with Gasteiger partial charge in [0.15, 0.2) is 0 Å². The zero-order valence-electron chi connectivity index (χ0n) is 9.23. The minimum Gasteiger partial charge on any atom is -0.466 e. The van der Waals surface area contributed by atoms with Gasteiger partial charge >= 0.3 is 5.97 Å². The van der Waals surface area contributed by atoms with E-state index in [1.54, 1.807) is 0 Å². The molecule has 8 nitrogen and oxygen atoms in total. The van der Waals surface area contributed by atoms with Crippen LogP contribution in [0.2, 0.25) is 0 Å². The molecule has 0 saturated carbocycles. The fourth-order valence-electron chi connectivity index (χ4n) is 1.17. The molecule has 18 heavy (non-hydrogen) atoms. The van der Waals surface area contributed by atoms with Gasteiger partial charge in [-0.3, -0.25) is 20.2 Å². The molecular formula is C10H8N2O6. The highest BCUT2D eigenvalue weighted by molar-refractivity contribution is 5.87. The smallest absolute Gasteiger partial charge is 0.330 e. The van der Waals surface area contributed by atoms with Gasteiger partial charge in [-0.2, -0.15) is 0 Å². The van der Waals surface area contributed by atoms with Crippen LogP contribution in [0.15, 0.2) is 24.3 Å². The molecule has 0 heterocycles. The van der Waals surface area contributed by atoms with Crippen molar-refractivity contribution in [1.82, 2.24) is 0 Å². The highest BCUT2D eigenvalue weighted by Gasteiger charge is 2.17. The largest absolute Gasteiger partial charge is 0.466 e. The first-order valence-electron chi connectivity index (χ1n) is 4.64. The van der Waals surface area contributed by atoms with E-state index in [0.29, 0.717) is 0 Å². The van der Waals surface area contributed by atoms with Gasteiger partial charge in [0.05, 0.1) is 28.6 Å². The number of non-ortho nitro benzene ring substituents is 1. The van der Waals surface area contributed by atoms with Crippen LogP contribution in [0.4, 0.5) is 11.4 Å². The van der Waals surface area contributed by atoms with Crippen LogP contribution in [-0.2, 0) is 9.53 Å². The molecule has 0 unspecified atom stereocenters. The fraction of sp³-hybridized carbons (Fsp3) is 0.100. The van der Waals surface area contributed by atoms with Gasteiger partial charge in [-0.1, -0.05) is 0 Å². The molecule has 0 radical (unpaired) electrons. The second kappa shape index (κ2) is 5.53. The Hall–Kier alpha value is -2.77. The van der Waals surface area contributed by atoms with Gasteiger partial charge in [-0.25, -0.2) is 4.79 Å². The second-order valence-electron chi connectivity index (χ2n) is 3.11. The number of methoxy groups -OCH3 is 1. The van der Waals surface area contributed by atoms with Gasteiger partial charge in [0.25, 0.3) is 11.4 Å². The van der Waals surface area contributed by atoms with Crippen molar-refractivity contribution in [3.63, 3.8) is 0 Å². The topological polar surface area (TPSA) is 113 Å². The molecule has 0 aliphatic heterocycles. The third kappa shape index (κ3) is 3.11. The number of nitrogens with zero attached hydrogens (tertiary/aromatic N) is 2. The van der Waals surface area contributed by atoms with Crippen molar-refractivity contribution in [2.75, 3.05) is 7.11 Å². The van der Waals surface area contributed by atoms with E-state index in [1.807, 2.05) is 0 Å². The standard InChI is InChI=1S/C10H8N2O6/c1-18-10(13)5-3-7-2-4-8(11(14)15)6-9(7)12(16)17/h2-6H,1H3. The van der Waals surface area contributed by atoms with Gasteiger partial charge in [0.2, 0.25) is 0 Å². The molecular weight excluding hydrogens is 244 g/mol. The number of hydrogen-bond donors (Lipinski definition) is 0. The summed E-state index contributed by atoms with van der Waals surface area (Å²) >= 11 is 0. The van der Waals surface area contributed by atoms with Crippen LogP contribution in [0.25, 0.3) is 6.08 Å². The summed E-state index contributed by atoms with van der Waals surface area (Å²) in [7, 11) is 1.16. The number of nitro groups is 2. The Labute approximate surface area is 101 Å². The van der Waals surface area contributed by atoms with Crippen LogP contribution in [0.5, 0.6) is 0 Å². The number of esters is 1. The molecule has 8 heteroatoms. The fourth-order valence-corrected chi connectivity index (χ4v) is 1.17. The Morgan fingerprint density at radius 1 is 1.28 bits per heavy atom. The maximum absolute atomic E-state index is 10.9. The molecule has 0 bridgehead atoms. The predicted molar refractivity (Wildman–Crippen MR) is 60.8 cm³/mol. The highest BCUT2D eigenvalue weighted by atomic mass is 16.6. The summed E-state index contributed by atoms with van der Waals surface area (Å²) in [6.07, 6.45) is 2.15. The van der Waals surface area contributed by atoms with Gasteiger partial charge in [-0.05, 0) is 12.1 Å². The molecule has 94 valence electrons. The Balaban J connectivity index is 3.20. The van der Waals surface area contributed by atoms with E-state index >= 15 is 0 Å². The Bertz CT molecular complexity index is 537. The van der Waals surface area contributed by atoms with Crippen LogP contribution >= 0.6 is 0 Å². The van der Waals surface area contributed by atoms with Crippen LogP contribution in [-0.4, -0.2) is 22.9 Å². The summed E-state index contributed by atoms with van der Waals surface area (Å²) in [6, 6.07) is 3.14. The van der Waals surface area contributed by atoms with Crippen molar-refractivity contribution in [3.8, 4) is 0 Å². The summed E-state index contributed by atoms with van der Waals surface area (Å²) in [5.74, 6) is -0.678. The summed E-state index contributed by atoms with van der Waals surface area (Å²) in [5, 5.41) is 21.2. The lowest BCUT2D eigenvalue weighted by atomic mass is 10.1. The van der Waals surface area contributed by atoms with E-state index < -0.39 is 27.2 Å². The quantitative estimate of drug-likeness (QED) is 0.348. The van der Waals surface area contributed by atoms with Crippen LogP contribution in [0, 0.1) is 20.2 Å². The monoisotopic (exact) mass is 252 g/mol. The van der Waals surface area contributed by atoms with Crippen molar-refractivity contribution in [1.29, 1.82) is 0 Å². The van der Waals surface area contributed by atoms with Crippen molar-refractivity contribution in [2.45, 2.75) is 0 Å². The van der Waals surface area contributed by atoms with E-state index in [4.69, 9.17) is 0 Å². The van der Waals surface area contributed by atoms with Crippen LogP contribution < -0.4 is 0 Å². The summed E-state index contributed by atoms with van der Waals surface area (Å²) < 4.78 is 4.33. The third-order valence-electron chi connectivity index (χ3n) is 2.02. The van der Waals surface area contributed by atoms with Crippen molar-refractivity contribution in [2.24, 2.45) is 0 Å². The average molecular weight is 252 g/mol. The summed E-state index contributed by atoms with van der Waals surface area (Å²) in [5.41, 5.74) is -0.766. The second-order valence-corrected chi connectivity index (χ2v) is 3.11. The summed E-state index contributed by atoms with van der Waals surface area (Å²) in [6.45, 7) is 0. The first-order valence-corrected chi connectivity index (χ1v) is 4.64. The molecule has 1 aromatic rings. The van der Waals surface area contributed by atoms with Gasteiger partial charge in [0, 0.05) is 12.1 Å². The zero-order chi connectivity index (χ0) is 13.7. The van der Waals surface area contributed by atoms with E-state index in [2.05, 4.69) is 4.74 Å². The molecule has 0 aliphatic rings. The molecule has 0 spiro atoms. The summed E-state index contributed by atoms with van der Waals surface area (Å²) in [4.78, 5) is 30.6. The molecule has 0 aliphatic carbocycles. The van der Waals surface area contributed by atoms with Crippen molar-refractivity contribution in [3.05, 3.63) is 50.1 Å². The molecule has 0 amide bonds. The molecule has 0 atom stereocenters. The Morgan fingerprint density at radius 2 is 1.94 bits per heavy atom. The SMILES string of the molecule is COC(=O)C=Cc1ccc([N+](=O)[O-])cc1[N+](=O)[O-]. The number of carbonyl (C=O) groups is 1. The lowest BCUT2D eigenvalue weighted by Crippen LogP contribution is -1.96. The molecule has 1 aromatic carbocycles. The number of ether oxygens (including phenoxy) is 1. The van der Waals surface area contributed by atoms with Gasteiger partial charge < -0.3 is 4.74 Å². The van der Waals surface area contributed by atoms with Crippen molar-refractivity contribution >= 4 is 23.4 Å². The molecule has 0 fully saturated rings. The van der Waals surface area contributed by atoms with Gasteiger partial charge in [0.1, 0.15) is 0 Å². The van der Waals surface area contributed by atoms with Gasteiger partial charge in [-0.15, -0.1) is 0 Å². The predicted octanol–water partition coefficient (Wildman–Crippen LogP) is 1.69. The minimum atomic E-state index is -0.760. The number of benzene rings is 1. The highest BCUT2D eigenvalue weighted by Crippen LogP contribution is 2.25. The lowest BCUT2D eigenvalue weighted by Gasteiger charge is -1.97. The maximum atomic E-state index is 10.9. The Morgan fingerprint density at radius 3 is 2.44 bits per heavy atom. The number of rotatable bonds is 4. The number of hydrogen-bond acceptors (Lipinski definition) is 6. The zero-order valence-corrected chi connectivity index (χ0v) is 9.23. The lowest BCUT2D eigenvalue weighted by molar-refractivity contribution is -0.394. The van der Waals surface area contributed by atoms with E-state index in [9.17, 15) is 25.0 Å². The maximum Gasteiger partial charge on any atom is 0.330 e. The number of nitro benzene ring substituents is 2. The molecule has 0 aromatic heterocycles. The average Bonchev–Trinajstić information content (AvgIpc) is 2.35. The van der Waals surface area contributed by atoms with Crippen LogP contribution in [0.1, 0.15) is 5.56 Å².